The number of carboxylic acids is 1. The quantitative estimate of drug-likeness (QED) is 0.229. The first-order valence-corrected chi connectivity index (χ1v) is 15.5. The van der Waals surface area contributed by atoms with Crippen LogP contribution in [0.5, 0.6) is 0 Å². The molecule has 232 valence electrons. The van der Waals surface area contributed by atoms with Gasteiger partial charge in [0.1, 0.15) is 6.04 Å². The van der Waals surface area contributed by atoms with E-state index in [1.165, 1.54) is 0 Å². The van der Waals surface area contributed by atoms with Gasteiger partial charge in [0.05, 0.1) is 24.9 Å². The van der Waals surface area contributed by atoms with Crippen LogP contribution in [0.15, 0.2) is 91.0 Å². The Balaban J connectivity index is 1.62. The molecule has 8 nitrogen and oxygen atoms in total. The normalized spacial score (nSPS) is 17.0. The minimum Gasteiger partial charge on any atom is -0.481 e. The van der Waals surface area contributed by atoms with Gasteiger partial charge in [-0.3, -0.25) is 19.2 Å². The molecule has 1 aliphatic rings. The average Bonchev–Trinajstić information content (AvgIpc) is 3.06. The van der Waals surface area contributed by atoms with E-state index >= 15 is 0 Å². The van der Waals surface area contributed by atoms with Gasteiger partial charge in [-0.15, -0.1) is 0 Å². The van der Waals surface area contributed by atoms with E-state index in [0.29, 0.717) is 31.4 Å². The maximum Gasteiger partial charge on any atom is 0.307 e. The molecule has 3 aromatic rings. The number of esters is 1. The SMILES string of the molecule is CCOC(=O)CCN(CCC(c1ccccc1)c1ccccc1)C(=O)C(NC(=O)C1CCCCC1C(=O)O)c1ccccc1. The molecule has 1 fully saturated rings. The lowest BCUT2D eigenvalue weighted by atomic mass is 9.78. The number of carbonyl (C=O) groups is 4. The second-order valence-corrected chi connectivity index (χ2v) is 11.2. The Kier molecular flexibility index (Phi) is 12.1. The first kappa shape index (κ1) is 32.5. The van der Waals surface area contributed by atoms with E-state index < -0.39 is 35.7 Å². The zero-order chi connectivity index (χ0) is 31.3. The van der Waals surface area contributed by atoms with E-state index in [1.807, 2.05) is 42.5 Å². The standard InChI is InChI=1S/C36H42N2O6/c1-2-44-32(39)23-25-38(24-22-29(26-14-6-3-7-15-26)27-16-8-4-9-17-27)35(41)33(28-18-10-5-11-19-28)37-34(40)30-20-12-13-21-31(30)36(42)43/h3-11,14-19,29-31,33H,2,12-13,20-25H2,1H3,(H,37,40)(H,42,43). The predicted molar refractivity (Wildman–Crippen MR) is 168 cm³/mol. The Bertz CT molecular complexity index is 1330. The van der Waals surface area contributed by atoms with E-state index in [2.05, 4.69) is 29.6 Å². The number of aliphatic carboxylic acids is 1. The van der Waals surface area contributed by atoms with E-state index in [0.717, 1.165) is 24.0 Å². The highest BCUT2D eigenvalue weighted by molar-refractivity contribution is 5.91. The topological polar surface area (TPSA) is 113 Å². The first-order chi connectivity index (χ1) is 21.4. The summed E-state index contributed by atoms with van der Waals surface area (Å²) in [5.41, 5.74) is 2.82. The Labute approximate surface area is 259 Å². The molecule has 1 saturated carbocycles. The predicted octanol–water partition coefficient (Wildman–Crippen LogP) is 5.74. The Hall–Kier alpha value is -4.46. The van der Waals surface area contributed by atoms with Crippen molar-refractivity contribution in [2.45, 2.75) is 57.4 Å². The maximum absolute atomic E-state index is 14.4. The number of hydrogen-bond acceptors (Lipinski definition) is 5. The van der Waals surface area contributed by atoms with E-state index in [4.69, 9.17) is 4.74 Å². The number of amides is 2. The van der Waals surface area contributed by atoms with Crippen molar-refractivity contribution in [2.75, 3.05) is 19.7 Å². The van der Waals surface area contributed by atoms with Gasteiger partial charge in [-0.1, -0.05) is 104 Å². The third-order valence-electron chi connectivity index (χ3n) is 8.38. The Morgan fingerprint density at radius 3 is 1.84 bits per heavy atom. The largest absolute Gasteiger partial charge is 0.481 e. The molecule has 0 spiro atoms. The molecule has 0 saturated heterocycles. The molecule has 0 aliphatic heterocycles. The molecule has 0 heterocycles. The van der Waals surface area contributed by atoms with Crippen molar-refractivity contribution in [3.8, 4) is 0 Å². The summed E-state index contributed by atoms with van der Waals surface area (Å²) in [5, 5.41) is 12.7. The van der Waals surface area contributed by atoms with Crippen LogP contribution in [0.2, 0.25) is 0 Å². The van der Waals surface area contributed by atoms with Gasteiger partial charge >= 0.3 is 11.9 Å². The second kappa shape index (κ2) is 16.4. The second-order valence-electron chi connectivity index (χ2n) is 11.2. The molecule has 2 amide bonds. The van der Waals surface area contributed by atoms with Gasteiger partial charge in [0.15, 0.2) is 0 Å². The lowest BCUT2D eigenvalue weighted by Gasteiger charge is -2.32. The van der Waals surface area contributed by atoms with Crippen LogP contribution in [0.3, 0.4) is 0 Å². The molecule has 44 heavy (non-hydrogen) atoms. The van der Waals surface area contributed by atoms with Crippen molar-refractivity contribution in [1.29, 1.82) is 0 Å². The number of benzene rings is 3. The highest BCUT2D eigenvalue weighted by atomic mass is 16.5. The molecule has 8 heteroatoms. The van der Waals surface area contributed by atoms with E-state index in [-0.39, 0.29) is 31.4 Å². The number of rotatable bonds is 14. The van der Waals surface area contributed by atoms with Gasteiger partial charge in [-0.2, -0.15) is 0 Å². The van der Waals surface area contributed by atoms with Gasteiger partial charge in [-0.25, -0.2) is 0 Å². The summed E-state index contributed by atoms with van der Waals surface area (Å²) in [6, 6.07) is 28.1. The minimum atomic E-state index is -1.03. The molecule has 3 atom stereocenters. The zero-order valence-corrected chi connectivity index (χ0v) is 25.3. The number of ether oxygens (including phenoxy) is 1. The van der Waals surface area contributed by atoms with Crippen LogP contribution in [0, 0.1) is 11.8 Å². The minimum absolute atomic E-state index is 0.00127. The lowest BCUT2D eigenvalue weighted by Crippen LogP contribution is -2.47. The molecule has 2 N–H and O–H groups in total. The number of nitrogens with zero attached hydrogens (tertiary/aromatic N) is 1. The zero-order valence-electron chi connectivity index (χ0n) is 25.3. The van der Waals surface area contributed by atoms with Crippen molar-refractivity contribution in [3.63, 3.8) is 0 Å². The summed E-state index contributed by atoms with van der Waals surface area (Å²) >= 11 is 0. The van der Waals surface area contributed by atoms with Gasteiger partial charge < -0.3 is 20.1 Å². The van der Waals surface area contributed by atoms with Crippen LogP contribution in [-0.2, 0) is 23.9 Å². The van der Waals surface area contributed by atoms with Crippen molar-refractivity contribution in [3.05, 3.63) is 108 Å². The van der Waals surface area contributed by atoms with Gasteiger partial charge in [0.25, 0.3) is 0 Å². The fraction of sp³-hybridized carbons (Fsp3) is 0.389. The Morgan fingerprint density at radius 2 is 1.32 bits per heavy atom. The van der Waals surface area contributed by atoms with Gasteiger partial charge in [0, 0.05) is 19.0 Å². The summed E-state index contributed by atoms with van der Waals surface area (Å²) in [5.74, 6) is -3.68. The summed E-state index contributed by atoms with van der Waals surface area (Å²) in [6.45, 7) is 2.43. The highest BCUT2D eigenvalue weighted by Crippen LogP contribution is 2.32. The lowest BCUT2D eigenvalue weighted by molar-refractivity contribution is -0.149. The maximum atomic E-state index is 14.4. The number of carbonyl (C=O) groups excluding carboxylic acids is 3. The van der Waals surface area contributed by atoms with E-state index in [1.54, 1.807) is 36.1 Å². The molecule has 0 bridgehead atoms. The summed E-state index contributed by atoms with van der Waals surface area (Å²) in [6.07, 6.45) is 3.01. The third-order valence-corrected chi connectivity index (χ3v) is 8.38. The number of nitrogens with one attached hydrogen (secondary N) is 1. The van der Waals surface area contributed by atoms with Crippen LogP contribution >= 0.6 is 0 Å². The van der Waals surface area contributed by atoms with Crippen molar-refractivity contribution in [2.24, 2.45) is 11.8 Å². The summed E-state index contributed by atoms with van der Waals surface area (Å²) < 4.78 is 5.16. The van der Waals surface area contributed by atoms with Crippen LogP contribution < -0.4 is 5.32 Å². The van der Waals surface area contributed by atoms with Crippen LogP contribution in [-0.4, -0.2) is 53.5 Å². The van der Waals surface area contributed by atoms with Crippen molar-refractivity contribution >= 4 is 23.8 Å². The summed E-state index contributed by atoms with van der Waals surface area (Å²) in [4.78, 5) is 53.9. The van der Waals surface area contributed by atoms with Crippen LogP contribution in [0.4, 0.5) is 0 Å². The Morgan fingerprint density at radius 1 is 0.795 bits per heavy atom. The fourth-order valence-corrected chi connectivity index (χ4v) is 6.08. The van der Waals surface area contributed by atoms with Crippen molar-refractivity contribution < 1.29 is 29.0 Å². The molecule has 4 rings (SSSR count). The number of carboxylic acid groups (broad SMARTS) is 1. The number of hydrogen-bond donors (Lipinski definition) is 2. The molecule has 1 aliphatic carbocycles. The van der Waals surface area contributed by atoms with Gasteiger partial charge in [0.2, 0.25) is 11.8 Å². The molecular formula is C36H42N2O6. The highest BCUT2D eigenvalue weighted by Gasteiger charge is 2.38. The molecule has 3 aromatic carbocycles. The smallest absolute Gasteiger partial charge is 0.307 e. The summed E-state index contributed by atoms with van der Waals surface area (Å²) in [7, 11) is 0. The van der Waals surface area contributed by atoms with Gasteiger partial charge in [-0.05, 0) is 42.9 Å². The van der Waals surface area contributed by atoms with Crippen molar-refractivity contribution in [1.82, 2.24) is 10.2 Å². The molecule has 0 radical (unpaired) electrons. The first-order valence-electron chi connectivity index (χ1n) is 15.5. The molecule has 0 aromatic heterocycles. The average molecular weight is 599 g/mol. The van der Waals surface area contributed by atoms with E-state index in [9.17, 15) is 24.3 Å². The van der Waals surface area contributed by atoms with Crippen LogP contribution in [0.25, 0.3) is 0 Å². The molecular weight excluding hydrogens is 556 g/mol. The molecule has 3 unspecified atom stereocenters. The van der Waals surface area contributed by atoms with Crippen LogP contribution in [0.1, 0.15) is 74.1 Å². The monoisotopic (exact) mass is 598 g/mol. The fourth-order valence-electron chi connectivity index (χ4n) is 6.08. The third kappa shape index (κ3) is 8.78.